The predicted octanol–water partition coefficient (Wildman–Crippen LogP) is 5.95. The largest absolute Gasteiger partial charge is 0.481 e. The predicted molar refractivity (Wildman–Crippen MR) is 111 cm³/mol. The van der Waals surface area contributed by atoms with E-state index in [1.54, 1.807) is 19.2 Å². The Balaban J connectivity index is 1.73. The van der Waals surface area contributed by atoms with Gasteiger partial charge >= 0.3 is 12.4 Å². The monoisotopic (exact) mass is 484 g/mol. The van der Waals surface area contributed by atoms with Crippen molar-refractivity contribution >= 4 is 10.9 Å². The van der Waals surface area contributed by atoms with Gasteiger partial charge in [-0.2, -0.15) is 31.3 Å². The van der Waals surface area contributed by atoms with E-state index in [0.29, 0.717) is 25.1 Å². The van der Waals surface area contributed by atoms with Crippen LogP contribution in [0.4, 0.5) is 26.3 Å². The smallest absolute Gasteiger partial charge is 0.425 e. The molecule has 6 nitrogen and oxygen atoms in total. The summed E-state index contributed by atoms with van der Waals surface area (Å²) in [5.74, 6) is -1.02. The van der Waals surface area contributed by atoms with Gasteiger partial charge in [-0.05, 0) is 43.8 Å². The highest BCUT2D eigenvalue weighted by atomic mass is 19.4. The number of halogens is 6. The summed E-state index contributed by atoms with van der Waals surface area (Å²) in [5.41, 5.74) is 0.849. The van der Waals surface area contributed by atoms with Gasteiger partial charge in [0.2, 0.25) is 5.82 Å². The van der Waals surface area contributed by atoms with E-state index in [4.69, 9.17) is 4.52 Å². The number of alkyl halides is 6. The minimum atomic E-state index is -4.97. The number of hydrogen-bond donors (Lipinski definition) is 2. The van der Waals surface area contributed by atoms with Gasteiger partial charge in [-0.1, -0.05) is 17.3 Å². The highest BCUT2D eigenvalue weighted by molar-refractivity contribution is 5.96. The normalized spacial score (nSPS) is 13.4. The number of fused-ring (bicyclic) bond motifs is 1. The first kappa shape index (κ1) is 23.6. The van der Waals surface area contributed by atoms with E-state index in [2.05, 4.69) is 25.2 Å². The van der Waals surface area contributed by atoms with Gasteiger partial charge in [0.05, 0.1) is 5.56 Å². The fourth-order valence-corrected chi connectivity index (χ4v) is 3.47. The first-order valence-electron chi connectivity index (χ1n) is 10.0. The molecule has 0 aliphatic rings. The Morgan fingerprint density at radius 2 is 1.88 bits per heavy atom. The zero-order valence-electron chi connectivity index (χ0n) is 17.8. The SMILES string of the molecule is CNCc1c[nH]c2cccc(-c3noc(-c4ccc(OC(C)C(F)(F)F)c(C(F)(F)F)c4)n3)c12. The number of nitrogens with zero attached hydrogens (tertiary/aromatic N) is 2. The molecular formula is C22H18F6N4O2. The van der Waals surface area contributed by atoms with E-state index in [1.165, 1.54) is 0 Å². The standard InChI is InChI=1S/C22H18F6N4O2/c1-11(21(23,24)25)33-17-7-6-12(8-15(17)22(26,27)28)20-31-19(32-34-20)14-4-3-5-16-18(14)13(9-29-2)10-30-16/h3-8,10-11,29-30H,9H2,1-2H3. The molecule has 2 aromatic heterocycles. The van der Waals surface area contributed by atoms with Crippen LogP contribution in [0.2, 0.25) is 0 Å². The first-order chi connectivity index (χ1) is 16.0. The molecule has 2 N–H and O–H groups in total. The van der Waals surface area contributed by atoms with Gasteiger partial charge in [0.1, 0.15) is 5.75 Å². The minimum Gasteiger partial charge on any atom is -0.481 e. The van der Waals surface area contributed by atoms with Crippen molar-refractivity contribution in [1.29, 1.82) is 0 Å². The number of aromatic nitrogens is 3. The molecule has 1 atom stereocenters. The molecule has 0 radical (unpaired) electrons. The van der Waals surface area contributed by atoms with Crippen LogP contribution in [-0.4, -0.2) is 34.5 Å². The summed E-state index contributed by atoms with van der Waals surface area (Å²) >= 11 is 0. The van der Waals surface area contributed by atoms with E-state index in [1.807, 2.05) is 12.3 Å². The Morgan fingerprint density at radius 1 is 1.12 bits per heavy atom. The molecule has 1 unspecified atom stereocenters. The lowest BCUT2D eigenvalue weighted by atomic mass is 10.1. The second-order valence-corrected chi connectivity index (χ2v) is 7.51. The van der Waals surface area contributed by atoms with Crippen molar-refractivity contribution in [1.82, 2.24) is 20.4 Å². The molecule has 180 valence electrons. The average Bonchev–Trinajstić information content (AvgIpc) is 3.41. The molecule has 0 amide bonds. The van der Waals surface area contributed by atoms with Gasteiger partial charge in [0.15, 0.2) is 6.10 Å². The Hall–Kier alpha value is -3.54. The Labute approximate surface area is 188 Å². The first-order valence-corrected chi connectivity index (χ1v) is 10.0. The molecule has 0 aliphatic heterocycles. The molecule has 12 heteroatoms. The highest BCUT2D eigenvalue weighted by Gasteiger charge is 2.41. The molecule has 4 rings (SSSR count). The zero-order chi connectivity index (χ0) is 24.7. The van der Waals surface area contributed by atoms with E-state index in [-0.39, 0.29) is 17.3 Å². The van der Waals surface area contributed by atoms with E-state index in [0.717, 1.165) is 28.6 Å². The Bertz CT molecular complexity index is 1310. The van der Waals surface area contributed by atoms with Gasteiger partial charge in [-0.25, -0.2) is 0 Å². The van der Waals surface area contributed by atoms with E-state index in [9.17, 15) is 26.3 Å². The molecule has 34 heavy (non-hydrogen) atoms. The number of benzene rings is 2. The van der Waals surface area contributed by atoms with Crippen LogP contribution in [0.25, 0.3) is 33.7 Å². The minimum absolute atomic E-state index is 0.116. The zero-order valence-corrected chi connectivity index (χ0v) is 17.8. The van der Waals surface area contributed by atoms with Crippen LogP contribution >= 0.6 is 0 Å². The highest BCUT2D eigenvalue weighted by Crippen LogP contribution is 2.40. The van der Waals surface area contributed by atoms with Crippen molar-refractivity contribution < 1.29 is 35.6 Å². The summed E-state index contributed by atoms with van der Waals surface area (Å²) in [5, 5.41) is 7.78. The van der Waals surface area contributed by atoms with E-state index < -0.39 is 29.8 Å². The van der Waals surface area contributed by atoms with Gasteiger partial charge in [0.25, 0.3) is 5.89 Å². The molecule has 0 saturated heterocycles. The van der Waals surface area contributed by atoms with Crippen molar-refractivity contribution in [2.75, 3.05) is 7.05 Å². The van der Waals surface area contributed by atoms with Crippen LogP contribution in [0.1, 0.15) is 18.1 Å². The second-order valence-electron chi connectivity index (χ2n) is 7.51. The van der Waals surface area contributed by atoms with Gasteiger partial charge < -0.3 is 19.6 Å². The van der Waals surface area contributed by atoms with Crippen molar-refractivity contribution in [3.8, 4) is 28.6 Å². The van der Waals surface area contributed by atoms with Crippen LogP contribution in [-0.2, 0) is 12.7 Å². The molecule has 0 fully saturated rings. The molecule has 2 heterocycles. The molecule has 4 aromatic rings. The number of ether oxygens (including phenoxy) is 1. The van der Waals surface area contributed by atoms with Crippen molar-refractivity contribution in [3.05, 3.63) is 53.7 Å². The third-order valence-electron chi connectivity index (χ3n) is 5.12. The van der Waals surface area contributed by atoms with Crippen LogP contribution in [0.3, 0.4) is 0 Å². The Kier molecular flexibility index (Phi) is 6.02. The Morgan fingerprint density at radius 3 is 2.56 bits per heavy atom. The second kappa shape index (κ2) is 8.67. The lowest BCUT2D eigenvalue weighted by molar-refractivity contribution is -0.191. The number of H-pyrrole nitrogens is 1. The quantitative estimate of drug-likeness (QED) is 0.331. The molecule has 0 spiro atoms. The van der Waals surface area contributed by atoms with Crippen molar-refractivity contribution in [2.24, 2.45) is 0 Å². The third kappa shape index (κ3) is 4.58. The lowest BCUT2D eigenvalue weighted by Gasteiger charge is -2.20. The van der Waals surface area contributed by atoms with Crippen LogP contribution in [0, 0.1) is 0 Å². The van der Waals surface area contributed by atoms with E-state index >= 15 is 0 Å². The number of hydrogen-bond acceptors (Lipinski definition) is 5. The molecule has 2 aromatic carbocycles. The summed E-state index contributed by atoms with van der Waals surface area (Å²) in [4.78, 5) is 7.37. The number of nitrogens with one attached hydrogen (secondary N) is 2. The summed E-state index contributed by atoms with van der Waals surface area (Å²) in [6.45, 7) is 1.18. The summed E-state index contributed by atoms with van der Waals surface area (Å²) in [6, 6.07) is 7.94. The van der Waals surface area contributed by atoms with Gasteiger partial charge in [0, 0.05) is 34.8 Å². The fourth-order valence-electron chi connectivity index (χ4n) is 3.47. The molecule has 0 aliphatic carbocycles. The van der Waals surface area contributed by atoms with Gasteiger partial charge in [-0.15, -0.1) is 0 Å². The number of aromatic amines is 1. The number of rotatable bonds is 6. The van der Waals surface area contributed by atoms with Crippen LogP contribution in [0.15, 0.2) is 47.1 Å². The fraction of sp³-hybridized carbons (Fsp3) is 0.273. The summed E-state index contributed by atoms with van der Waals surface area (Å²) < 4.78 is 88.9. The lowest BCUT2D eigenvalue weighted by Crippen LogP contribution is -2.31. The van der Waals surface area contributed by atoms with Crippen molar-refractivity contribution in [2.45, 2.75) is 31.9 Å². The molecular weight excluding hydrogens is 466 g/mol. The average molecular weight is 484 g/mol. The maximum atomic E-state index is 13.6. The third-order valence-corrected chi connectivity index (χ3v) is 5.12. The van der Waals surface area contributed by atoms with Crippen LogP contribution in [0.5, 0.6) is 5.75 Å². The molecule has 0 bridgehead atoms. The topological polar surface area (TPSA) is 76.0 Å². The maximum absolute atomic E-state index is 13.6. The molecule has 0 saturated carbocycles. The van der Waals surface area contributed by atoms with Crippen molar-refractivity contribution in [3.63, 3.8) is 0 Å². The summed E-state index contributed by atoms with van der Waals surface area (Å²) in [7, 11) is 1.79. The van der Waals surface area contributed by atoms with Crippen LogP contribution < -0.4 is 10.1 Å². The summed E-state index contributed by atoms with van der Waals surface area (Å²) in [6.07, 6.45) is -10.4. The van der Waals surface area contributed by atoms with Gasteiger partial charge in [-0.3, -0.25) is 0 Å². The maximum Gasteiger partial charge on any atom is 0.425 e.